The molecule has 3 rings (SSSR count). The second-order valence-electron chi connectivity index (χ2n) is 5.71. The van der Waals surface area contributed by atoms with Crippen molar-refractivity contribution in [2.24, 2.45) is 0 Å². The molecule has 0 radical (unpaired) electrons. The van der Waals surface area contributed by atoms with Crippen molar-refractivity contribution in [3.63, 3.8) is 0 Å². The predicted molar refractivity (Wildman–Crippen MR) is 73.9 cm³/mol. The molecule has 1 saturated heterocycles. The highest BCUT2D eigenvalue weighted by molar-refractivity contribution is 6.30. The third-order valence-electron chi connectivity index (χ3n) is 4.40. The van der Waals surface area contributed by atoms with Gasteiger partial charge in [-0.1, -0.05) is 17.7 Å². The van der Waals surface area contributed by atoms with Crippen LogP contribution in [0.4, 0.5) is 0 Å². The smallest absolute Gasteiger partial charge is 0.0964 e. The first kappa shape index (κ1) is 12.5. The van der Waals surface area contributed by atoms with Gasteiger partial charge < -0.3 is 9.64 Å². The van der Waals surface area contributed by atoms with E-state index in [4.69, 9.17) is 16.3 Å². The van der Waals surface area contributed by atoms with Crippen molar-refractivity contribution in [2.75, 3.05) is 13.1 Å². The zero-order valence-corrected chi connectivity index (χ0v) is 11.8. The Morgan fingerprint density at radius 3 is 2.67 bits per heavy atom. The summed E-state index contributed by atoms with van der Waals surface area (Å²) in [6, 6.07) is 6.81. The average Bonchev–Trinajstić information content (AvgIpc) is 2.69. The summed E-state index contributed by atoms with van der Waals surface area (Å²) in [6.45, 7) is 7.50. The predicted octanol–water partition coefficient (Wildman–Crippen LogP) is 3.57. The summed E-state index contributed by atoms with van der Waals surface area (Å²) >= 11 is 6.14. The Balaban J connectivity index is 1.86. The van der Waals surface area contributed by atoms with Gasteiger partial charge in [-0.2, -0.15) is 0 Å². The molecule has 1 aromatic rings. The number of halogens is 1. The van der Waals surface area contributed by atoms with Gasteiger partial charge in [-0.15, -0.1) is 0 Å². The van der Waals surface area contributed by atoms with Crippen molar-refractivity contribution >= 4 is 11.6 Å². The molecular weight excluding hydrogens is 246 g/mol. The number of hydrogen-bond acceptors (Lipinski definition) is 2. The number of rotatable bonds is 1. The Hall–Kier alpha value is -0.570. The Kier molecular flexibility index (Phi) is 3.13. The van der Waals surface area contributed by atoms with E-state index in [1.165, 1.54) is 11.1 Å². The van der Waals surface area contributed by atoms with Crippen molar-refractivity contribution in [1.82, 2.24) is 4.90 Å². The molecule has 0 aliphatic carbocycles. The van der Waals surface area contributed by atoms with Crippen LogP contribution in [0.1, 0.15) is 37.8 Å². The zero-order valence-electron chi connectivity index (χ0n) is 11.1. The maximum Gasteiger partial charge on any atom is 0.0964 e. The molecule has 0 saturated carbocycles. The molecule has 0 amide bonds. The van der Waals surface area contributed by atoms with E-state index in [-0.39, 0.29) is 5.60 Å². The third kappa shape index (κ3) is 1.97. The topological polar surface area (TPSA) is 12.5 Å². The van der Waals surface area contributed by atoms with Crippen LogP contribution in [0.15, 0.2) is 18.2 Å². The fraction of sp³-hybridized carbons (Fsp3) is 0.600. The van der Waals surface area contributed by atoms with Crippen LogP contribution in [0, 0.1) is 0 Å². The van der Waals surface area contributed by atoms with Gasteiger partial charge in [0.2, 0.25) is 0 Å². The second-order valence-corrected chi connectivity index (χ2v) is 6.15. The molecular formula is C15H20ClNO. The molecule has 2 heterocycles. The Morgan fingerprint density at radius 2 is 2.00 bits per heavy atom. The summed E-state index contributed by atoms with van der Waals surface area (Å²) in [4.78, 5) is 2.52. The minimum atomic E-state index is -0.0639. The average molecular weight is 266 g/mol. The number of ether oxygens (including phenoxy) is 1. The second kappa shape index (κ2) is 4.52. The van der Waals surface area contributed by atoms with E-state index >= 15 is 0 Å². The van der Waals surface area contributed by atoms with Gasteiger partial charge in [-0.05, 0) is 49.9 Å². The van der Waals surface area contributed by atoms with Crippen LogP contribution in [0.2, 0.25) is 5.02 Å². The van der Waals surface area contributed by atoms with E-state index < -0.39 is 0 Å². The third-order valence-corrected chi connectivity index (χ3v) is 4.64. The number of likely N-dealkylation sites (tertiary alicyclic amines) is 1. The summed E-state index contributed by atoms with van der Waals surface area (Å²) in [7, 11) is 0. The number of hydrogen-bond donors (Lipinski definition) is 0. The van der Waals surface area contributed by atoms with Gasteiger partial charge >= 0.3 is 0 Å². The van der Waals surface area contributed by atoms with Gasteiger partial charge in [0.1, 0.15) is 0 Å². The summed E-state index contributed by atoms with van der Waals surface area (Å²) in [5.41, 5.74) is 2.59. The van der Waals surface area contributed by atoms with Crippen LogP contribution >= 0.6 is 11.6 Å². The molecule has 18 heavy (non-hydrogen) atoms. The molecule has 0 atom stereocenters. The van der Waals surface area contributed by atoms with E-state index in [1.807, 2.05) is 6.07 Å². The van der Waals surface area contributed by atoms with E-state index in [1.54, 1.807) is 0 Å². The molecule has 2 aliphatic rings. The Morgan fingerprint density at radius 1 is 1.28 bits per heavy atom. The molecule has 98 valence electrons. The molecule has 0 unspecified atom stereocenters. The molecule has 2 nitrogen and oxygen atoms in total. The molecule has 2 aliphatic heterocycles. The monoisotopic (exact) mass is 265 g/mol. The summed E-state index contributed by atoms with van der Waals surface area (Å²) in [6.07, 6.45) is 2.16. The molecule has 1 aromatic carbocycles. The first-order valence-electron chi connectivity index (χ1n) is 6.78. The summed E-state index contributed by atoms with van der Waals surface area (Å²) in [5, 5.41) is 0.824. The van der Waals surface area contributed by atoms with Gasteiger partial charge in [0.15, 0.2) is 0 Å². The number of piperidine rings is 1. The minimum absolute atomic E-state index is 0.0639. The van der Waals surface area contributed by atoms with Crippen molar-refractivity contribution in [2.45, 2.75) is 44.9 Å². The van der Waals surface area contributed by atoms with Crippen molar-refractivity contribution in [1.29, 1.82) is 0 Å². The fourth-order valence-corrected chi connectivity index (χ4v) is 3.38. The fourth-order valence-electron chi connectivity index (χ4n) is 3.21. The van der Waals surface area contributed by atoms with E-state index in [0.29, 0.717) is 6.04 Å². The highest BCUT2D eigenvalue weighted by Crippen LogP contribution is 2.45. The minimum Gasteiger partial charge on any atom is -0.365 e. The van der Waals surface area contributed by atoms with Gasteiger partial charge in [0, 0.05) is 24.2 Å². The number of fused-ring (bicyclic) bond motifs is 2. The highest BCUT2D eigenvalue weighted by atomic mass is 35.5. The van der Waals surface area contributed by atoms with Crippen LogP contribution in [-0.2, 0) is 16.9 Å². The normalized spacial score (nSPS) is 22.7. The van der Waals surface area contributed by atoms with Crippen LogP contribution in [0.3, 0.4) is 0 Å². The summed E-state index contributed by atoms with van der Waals surface area (Å²) in [5.74, 6) is 0. The first-order chi connectivity index (χ1) is 8.61. The Bertz CT molecular complexity index is 450. The van der Waals surface area contributed by atoms with Crippen LogP contribution < -0.4 is 0 Å². The quantitative estimate of drug-likeness (QED) is 0.770. The molecule has 0 N–H and O–H groups in total. The lowest BCUT2D eigenvalue weighted by atomic mass is 9.83. The number of nitrogens with zero attached hydrogens (tertiary/aromatic N) is 1. The van der Waals surface area contributed by atoms with Crippen molar-refractivity contribution in [3.8, 4) is 0 Å². The molecule has 3 heteroatoms. The Labute approximate surface area is 114 Å². The van der Waals surface area contributed by atoms with Gasteiger partial charge in [0.05, 0.1) is 12.2 Å². The largest absolute Gasteiger partial charge is 0.365 e. The lowest BCUT2D eigenvalue weighted by Crippen LogP contribution is -2.45. The van der Waals surface area contributed by atoms with Crippen LogP contribution in [0.25, 0.3) is 0 Å². The van der Waals surface area contributed by atoms with E-state index in [0.717, 1.165) is 37.6 Å². The van der Waals surface area contributed by atoms with Crippen LogP contribution in [-0.4, -0.2) is 24.0 Å². The van der Waals surface area contributed by atoms with E-state index in [9.17, 15) is 0 Å². The standard InChI is InChI=1S/C15H20ClNO/c1-11(2)17-7-5-15(6-8-17)14-9-13(16)4-3-12(14)10-18-15/h3-4,9,11H,5-8,10H2,1-2H3. The molecule has 1 spiro atoms. The SMILES string of the molecule is CC(C)N1CCC2(CC1)OCc1ccc(Cl)cc12. The maximum atomic E-state index is 6.15. The lowest BCUT2D eigenvalue weighted by molar-refractivity contribution is -0.0825. The first-order valence-corrected chi connectivity index (χ1v) is 7.15. The summed E-state index contributed by atoms with van der Waals surface area (Å²) < 4.78 is 6.15. The van der Waals surface area contributed by atoms with Crippen LogP contribution in [0.5, 0.6) is 0 Å². The van der Waals surface area contributed by atoms with Crippen molar-refractivity contribution in [3.05, 3.63) is 34.3 Å². The van der Waals surface area contributed by atoms with Gasteiger partial charge in [0.25, 0.3) is 0 Å². The maximum absolute atomic E-state index is 6.15. The van der Waals surface area contributed by atoms with E-state index in [2.05, 4.69) is 30.9 Å². The van der Waals surface area contributed by atoms with Crippen molar-refractivity contribution < 1.29 is 4.74 Å². The lowest BCUT2D eigenvalue weighted by Gasteiger charge is -2.41. The van der Waals surface area contributed by atoms with Gasteiger partial charge in [-0.25, -0.2) is 0 Å². The number of benzene rings is 1. The highest BCUT2D eigenvalue weighted by Gasteiger charge is 2.42. The zero-order chi connectivity index (χ0) is 12.8. The molecule has 1 fully saturated rings. The van der Waals surface area contributed by atoms with Gasteiger partial charge in [-0.3, -0.25) is 0 Å². The molecule has 0 bridgehead atoms. The molecule has 0 aromatic heterocycles.